The molecule has 0 radical (unpaired) electrons. The summed E-state index contributed by atoms with van der Waals surface area (Å²) >= 11 is 0. The Morgan fingerprint density at radius 2 is 2.03 bits per heavy atom. The number of aromatic nitrogens is 4. The molecule has 4 unspecified atom stereocenters. The predicted octanol–water partition coefficient (Wildman–Crippen LogP) is 3.78. The number of fused-ring (bicyclic) bond motifs is 1. The standard InChI is InChI=1S/C23H29N6O4P/c1-14(2)32-23(30)16(4)28-34(33-18-8-6-5-7-9-18)31-11-17-10-19(15(17)3)29-13-27-20-21(24)25-12-26-22(20)29/h5-9,12-14,16-17,19,28H,3,10-11H2,1-2,4H3,(H2,24,25,26). The molecule has 3 N–H and O–H groups in total. The zero-order valence-corrected chi connectivity index (χ0v) is 20.3. The molecular formula is C23H29N6O4P. The number of hydrogen-bond acceptors (Lipinski definition) is 9. The average Bonchev–Trinajstić information content (AvgIpc) is 3.23. The van der Waals surface area contributed by atoms with Gasteiger partial charge < -0.3 is 24.1 Å². The van der Waals surface area contributed by atoms with Crippen LogP contribution in [0.15, 0.2) is 55.1 Å². The Hall–Kier alpha value is -3.07. The van der Waals surface area contributed by atoms with Gasteiger partial charge in [-0.25, -0.2) is 20.0 Å². The van der Waals surface area contributed by atoms with Crippen LogP contribution in [0, 0.1) is 5.92 Å². The second-order valence-electron chi connectivity index (χ2n) is 8.40. The van der Waals surface area contributed by atoms with E-state index in [0.29, 0.717) is 29.3 Å². The summed E-state index contributed by atoms with van der Waals surface area (Å²) in [6.07, 6.45) is 3.77. The largest absolute Gasteiger partial charge is 0.462 e. The summed E-state index contributed by atoms with van der Waals surface area (Å²) in [7, 11) is -1.60. The molecule has 1 aromatic carbocycles. The molecule has 1 fully saturated rings. The van der Waals surface area contributed by atoms with Crippen molar-refractivity contribution >= 4 is 31.5 Å². The van der Waals surface area contributed by atoms with E-state index in [9.17, 15) is 4.79 Å². The molecular weight excluding hydrogens is 455 g/mol. The van der Waals surface area contributed by atoms with Crippen molar-refractivity contribution < 1.29 is 18.6 Å². The molecule has 2 aromatic heterocycles. The number of para-hydroxylation sites is 1. The van der Waals surface area contributed by atoms with Crippen molar-refractivity contribution in [3.63, 3.8) is 0 Å². The third-order valence-corrected chi connectivity index (χ3v) is 6.87. The molecule has 180 valence electrons. The van der Waals surface area contributed by atoms with Gasteiger partial charge in [-0.1, -0.05) is 24.8 Å². The zero-order chi connectivity index (χ0) is 24.2. The first-order valence-electron chi connectivity index (χ1n) is 11.1. The van der Waals surface area contributed by atoms with Crippen LogP contribution >= 0.6 is 8.53 Å². The van der Waals surface area contributed by atoms with Crippen molar-refractivity contribution in [2.45, 2.75) is 45.4 Å². The van der Waals surface area contributed by atoms with E-state index in [2.05, 4.69) is 26.6 Å². The highest BCUT2D eigenvalue weighted by Crippen LogP contribution is 2.46. The summed E-state index contributed by atoms with van der Waals surface area (Å²) in [6.45, 7) is 10.0. The Morgan fingerprint density at radius 1 is 1.26 bits per heavy atom. The van der Waals surface area contributed by atoms with Crippen molar-refractivity contribution in [3.8, 4) is 5.75 Å². The topological polar surface area (TPSA) is 126 Å². The minimum Gasteiger partial charge on any atom is -0.462 e. The predicted molar refractivity (Wildman–Crippen MR) is 130 cm³/mol. The van der Waals surface area contributed by atoms with E-state index in [0.717, 1.165) is 12.0 Å². The highest BCUT2D eigenvalue weighted by Gasteiger charge is 2.37. The van der Waals surface area contributed by atoms with E-state index in [1.165, 1.54) is 6.33 Å². The molecule has 1 aliphatic rings. The molecule has 3 aromatic rings. The monoisotopic (exact) mass is 484 g/mol. The molecule has 0 spiro atoms. The lowest BCUT2D eigenvalue weighted by atomic mass is 9.76. The number of nitrogens with one attached hydrogen (secondary N) is 1. The number of ether oxygens (including phenoxy) is 1. The van der Waals surface area contributed by atoms with Gasteiger partial charge >= 0.3 is 14.5 Å². The molecule has 10 nitrogen and oxygen atoms in total. The second kappa shape index (κ2) is 10.5. The number of nitrogens with two attached hydrogens (primary N) is 1. The highest BCUT2D eigenvalue weighted by atomic mass is 31.2. The van der Waals surface area contributed by atoms with Crippen LogP contribution in [0.25, 0.3) is 11.2 Å². The van der Waals surface area contributed by atoms with Crippen molar-refractivity contribution in [3.05, 3.63) is 55.1 Å². The van der Waals surface area contributed by atoms with Crippen LogP contribution in [0.2, 0.25) is 0 Å². The maximum Gasteiger partial charge on any atom is 0.323 e. The molecule has 0 aliphatic heterocycles. The number of benzene rings is 1. The number of carbonyl (C=O) groups excluding carboxylic acids is 1. The van der Waals surface area contributed by atoms with Crippen LogP contribution in [0.4, 0.5) is 5.82 Å². The summed E-state index contributed by atoms with van der Waals surface area (Å²) in [5, 5.41) is 3.13. The fourth-order valence-corrected chi connectivity index (χ4v) is 4.85. The lowest BCUT2D eigenvalue weighted by Crippen LogP contribution is -2.36. The van der Waals surface area contributed by atoms with Crippen molar-refractivity contribution in [1.82, 2.24) is 24.6 Å². The Bertz CT molecular complexity index is 1150. The summed E-state index contributed by atoms with van der Waals surface area (Å²) < 4.78 is 19.4. The third kappa shape index (κ3) is 5.35. The van der Waals surface area contributed by atoms with Crippen LogP contribution in [-0.2, 0) is 14.1 Å². The number of nitrogens with zero attached hydrogens (tertiary/aromatic N) is 4. The van der Waals surface area contributed by atoms with Crippen molar-refractivity contribution in [2.24, 2.45) is 5.92 Å². The van der Waals surface area contributed by atoms with Crippen molar-refractivity contribution in [1.29, 1.82) is 0 Å². The lowest BCUT2D eigenvalue weighted by molar-refractivity contribution is -0.149. The molecule has 4 rings (SSSR count). The third-order valence-electron chi connectivity index (χ3n) is 5.51. The molecule has 4 atom stereocenters. The van der Waals surface area contributed by atoms with E-state index in [4.69, 9.17) is 19.5 Å². The van der Waals surface area contributed by atoms with E-state index < -0.39 is 14.6 Å². The number of esters is 1. The van der Waals surface area contributed by atoms with Crippen LogP contribution in [-0.4, -0.2) is 44.2 Å². The van der Waals surface area contributed by atoms with Gasteiger partial charge in [-0.05, 0) is 44.9 Å². The maximum absolute atomic E-state index is 12.3. The highest BCUT2D eigenvalue weighted by molar-refractivity contribution is 7.45. The van der Waals surface area contributed by atoms with Gasteiger partial charge in [-0.3, -0.25) is 4.79 Å². The van der Waals surface area contributed by atoms with Gasteiger partial charge in [0.15, 0.2) is 11.5 Å². The number of anilines is 1. The minimum absolute atomic E-state index is 0.0575. The number of imidazole rings is 1. The zero-order valence-electron chi connectivity index (χ0n) is 19.4. The smallest absolute Gasteiger partial charge is 0.323 e. The molecule has 0 bridgehead atoms. The maximum atomic E-state index is 12.3. The first-order chi connectivity index (χ1) is 16.3. The summed E-state index contributed by atoms with van der Waals surface area (Å²) in [5.41, 5.74) is 8.19. The summed E-state index contributed by atoms with van der Waals surface area (Å²) in [6, 6.07) is 8.82. The Morgan fingerprint density at radius 3 is 2.74 bits per heavy atom. The van der Waals surface area contributed by atoms with E-state index in [-0.39, 0.29) is 24.0 Å². The van der Waals surface area contributed by atoms with Gasteiger partial charge in [0.2, 0.25) is 0 Å². The van der Waals surface area contributed by atoms with Crippen LogP contribution in [0.1, 0.15) is 33.2 Å². The lowest BCUT2D eigenvalue weighted by Gasteiger charge is -2.39. The Labute approximate surface area is 199 Å². The molecule has 0 amide bonds. The molecule has 34 heavy (non-hydrogen) atoms. The van der Waals surface area contributed by atoms with Crippen LogP contribution < -0.4 is 15.3 Å². The Balaban J connectivity index is 1.38. The average molecular weight is 484 g/mol. The minimum atomic E-state index is -1.60. The van der Waals surface area contributed by atoms with Gasteiger partial charge in [0.25, 0.3) is 0 Å². The van der Waals surface area contributed by atoms with Gasteiger partial charge in [0.1, 0.15) is 23.6 Å². The van der Waals surface area contributed by atoms with Gasteiger partial charge in [0.05, 0.1) is 25.1 Å². The number of hydrogen-bond donors (Lipinski definition) is 2. The fraction of sp³-hybridized carbons (Fsp3) is 0.391. The second-order valence-corrected chi connectivity index (χ2v) is 9.61. The SMILES string of the molecule is C=C1C(COP(NC(C)C(=O)OC(C)C)Oc2ccccc2)CC1n1cnc2c(N)ncnc21. The fourth-order valence-electron chi connectivity index (χ4n) is 3.62. The molecule has 1 aliphatic carbocycles. The first kappa shape index (κ1) is 24.1. The van der Waals surface area contributed by atoms with E-state index >= 15 is 0 Å². The molecule has 1 saturated carbocycles. The first-order valence-corrected chi connectivity index (χ1v) is 12.3. The van der Waals surface area contributed by atoms with Gasteiger partial charge in [-0.2, -0.15) is 0 Å². The molecule has 11 heteroatoms. The normalized spacial score (nSPS) is 19.6. The van der Waals surface area contributed by atoms with Crippen molar-refractivity contribution in [2.75, 3.05) is 12.3 Å². The Kier molecular flexibility index (Phi) is 7.41. The number of rotatable bonds is 10. The number of carbonyl (C=O) groups is 1. The van der Waals surface area contributed by atoms with Gasteiger partial charge in [-0.15, -0.1) is 0 Å². The molecule has 2 heterocycles. The van der Waals surface area contributed by atoms with E-state index in [1.54, 1.807) is 13.3 Å². The number of nitrogen functional groups attached to an aromatic ring is 1. The van der Waals surface area contributed by atoms with E-state index in [1.807, 2.05) is 48.7 Å². The quantitative estimate of drug-likeness (QED) is 0.251. The van der Waals surface area contributed by atoms with Gasteiger partial charge in [0, 0.05) is 5.92 Å². The van der Waals surface area contributed by atoms with Crippen LogP contribution in [0.3, 0.4) is 0 Å². The van der Waals surface area contributed by atoms with Crippen LogP contribution in [0.5, 0.6) is 5.75 Å². The summed E-state index contributed by atoms with van der Waals surface area (Å²) in [5.74, 6) is 0.779. The summed E-state index contributed by atoms with van der Waals surface area (Å²) in [4.78, 5) is 24.9. The molecule has 0 saturated heterocycles.